The molecule has 0 saturated heterocycles. The molecule has 0 unspecified atom stereocenters. The minimum atomic E-state index is 0.183. The lowest BCUT2D eigenvalue weighted by molar-refractivity contribution is 0.475. The van der Waals surface area contributed by atoms with Crippen molar-refractivity contribution in [1.29, 1.82) is 0 Å². The number of aromatic nitrogens is 3. The highest BCUT2D eigenvalue weighted by atomic mass is 79.9. The number of hydrogen-bond donors (Lipinski definition) is 2. The van der Waals surface area contributed by atoms with Crippen LogP contribution < -0.4 is 0 Å². The van der Waals surface area contributed by atoms with E-state index in [0.717, 1.165) is 10.0 Å². The number of nitrogens with zero attached hydrogens (tertiary/aromatic N) is 3. The lowest BCUT2D eigenvalue weighted by Crippen LogP contribution is -1.94. The van der Waals surface area contributed by atoms with Gasteiger partial charge in [-0.05, 0) is 37.3 Å². The van der Waals surface area contributed by atoms with Crippen LogP contribution in [0.15, 0.2) is 27.8 Å². The summed E-state index contributed by atoms with van der Waals surface area (Å²) in [4.78, 5) is 0. The fraction of sp³-hybridized carbons (Fsp3) is 0.100. The number of H-pyrrole nitrogens is 1. The highest BCUT2D eigenvalue weighted by Gasteiger charge is 2.00. The number of phenols is 1. The van der Waals surface area contributed by atoms with Crippen molar-refractivity contribution in [2.45, 2.75) is 6.92 Å². The number of nitrogens with one attached hydrogen (secondary N) is 1. The van der Waals surface area contributed by atoms with E-state index in [1.54, 1.807) is 31.3 Å². The summed E-state index contributed by atoms with van der Waals surface area (Å²) in [5.41, 5.74) is 0.757. The first kappa shape index (κ1) is 12.0. The van der Waals surface area contributed by atoms with Crippen molar-refractivity contribution in [3.05, 3.63) is 38.8 Å². The Morgan fingerprint density at radius 2 is 2.35 bits per heavy atom. The third-order valence-corrected chi connectivity index (χ3v) is 3.09. The smallest absolute Gasteiger partial charge is 0.216 e. The molecule has 0 aliphatic rings. The average Bonchev–Trinajstić information content (AvgIpc) is 2.61. The minimum absolute atomic E-state index is 0.183. The summed E-state index contributed by atoms with van der Waals surface area (Å²) in [5.74, 6) is 0.852. The predicted molar refractivity (Wildman–Crippen MR) is 70.9 cm³/mol. The van der Waals surface area contributed by atoms with E-state index in [-0.39, 0.29) is 5.75 Å². The fourth-order valence-electron chi connectivity index (χ4n) is 1.26. The van der Waals surface area contributed by atoms with E-state index in [4.69, 9.17) is 12.2 Å². The van der Waals surface area contributed by atoms with Gasteiger partial charge < -0.3 is 5.11 Å². The first-order chi connectivity index (χ1) is 8.08. The molecular formula is C10H9BrN4OS. The molecule has 0 spiro atoms. The molecule has 0 bridgehead atoms. The van der Waals surface area contributed by atoms with Crippen LogP contribution in [-0.4, -0.2) is 26.2 Å². The van der Waals surface area contributed by atoms with Crippen molar-refractivity contribution in [3.8, 4) is 5.75 Å². The Balaban J connectivity index is 2.39. The normalized spacial score (nSPS) is 11.2. The summed E-state index contributed by atoms with van der Waals surface area (Å²) >= 11 is 8.39. The Labute approximate surface area is 111 Å². The van der Waals surface area contributed by atoms with E-state index in [1.165, 1.54) is 4.68 Å². The van der Waals surface area contributed by atoms with Gasteiger partial charge >= 0.3 is 0 Å². The molecule has 0 saturated carbocycles. The number of aryl methyl sites for hydroxylation is 1. The van der Waals surface area contributed by atoms with Gasteiger partial charge in [-0.25, -0.2) is 0 Å². The van der Waals surface area contributed by atoms with Gasteiger partial charge in [0.2, 0.25) is 4.77 Å². The first-order valence-electron chi connectivity index (χ1n) is 4.75. The number of benzene rings is 1. The summed E-state index contributed by atoms with van der Waals surface area (Å²) in [6, 6.07) is 4.95. The zero-order valence-corrected chi connectivity index (χ0v) is 11.3. The van der Waals surface area contributed by atoms with E-state index in [9.17, 15) is 5.11 Å². The van der Waals surface area contributed by atoms with Crippen LogP contribution in [0.2, 0.25) is 0 Å². The van der Waals surface area contributed by atoms with Gasteiger partial charge in [-0.3, -0.25) is 5.10 Å². The monoisotopic (exact) mass is 312 g/mol. The molecule has 7 heteroatoms. The second kappa shape index (κ2) is 4.80. The Hall–Kier alpha value is -1.47. The largest absolute Gasteiger partial charge is 0.508 e. The maximum absolute atomic E-state index is 9.38. The molecule has 0 aliphatic carbocycles. The molecule has 2 N–H and O–H groups in total. The molecule has 0 fully saturated rings. The maximum Gasteiger partial charge on any atom is 0.216 e. The minimum Gasteiger partial charge on any atom is -0.508 e. The summed E-state index contributed by atoms with van der Waals surface area (Å²) in [7, 11) is 0. The van der Waals surface area contributed by atoms with Crippen molar-refractivity contribution in [3.63, 3.8) is 0 Å². The van der Waals surface area contributed by atoms with Gasteiger partial charge in [0, 0.05) is 10.0 Å². The molecular weight excluding hydrogens is 304 g/mol. The molecule has 2 aromatic rings. The molecule has 0 atom stereocenters. The van der Waals surface area contributed by atoms with Crippen LogP contribution >= 0.6 is 28.1 Å². The second-order valence-electron chi connectivity index (χ2n) is 3.34. The van der Waals surface area contributed by atoms with Crippen LogP contribution in [0.1, 0.15) is 11.4 Å². The highest BCUT2D eigenvalue weighted by molar-refractivity contribution is 9.10. The van der Waals surface area contributed by atoms with Crippen molar-refractivity contribution < 1.29 is 5.11 Å². The summed E-state index contributed by atoms with van der Waals surface area (Å²) in [6.07, 6.45) is 1.60. The van der Waals surface area contributed by atoms with Gasteiger partial charge in [-0.15, -0.1) is 0 Å². The molecule has 2 rings (SSSR count). The van der Waals surface area contributed by atoms with Gasteiger partial charge in [-0.2, -0.15) is 14.9 Å². The zero-order valence-electron chi connectivity index (χ0n) is 8.88. The number of phenolic OH excluding ortho intramolecular Hbond substituents is 1. The van der Waals surface area contributed by atoms with Crippen LogP contribution in [-0.2, 0) is 0 Å². The van der Waals surface area contributed by atoms with Gasteiger partial charge in [0.1, 0.15) is 11.6 Å². The predicted octanol–water partition coefficient (Wildman–Crippen LogP) is 2.60. The van der Waals surface area contributed by atoms with Crippen molar-refractivity contribution in [2.24, 2.45) is 5.10 Å². The van der Waals surface area contributed by atoms with E-state index in [0.29, 0.717) is 10.6 Å². The lowest BCUT2D eigenvalue weighted by atomic mass is 10.2. The lowest BCUT2D eigenvalue weighted by Gasteiger charge is -1.99. The number of aromatic amines is 1. The van der Waals surface area contributed by atoms with Gasteiger partial charge in [-0.1, -0.05) is 15.9 Å². The Bertz CT molecular complexity index is 631. The van der Waals surface area contributed by atoms with Gasteiger partial charge in [0.15, 0.2) is 0 Å². The number of rotatable bonds is 2. The van der Waals surface area contributed by atoms with E-state index in [1.807, 2.05) is 0 Å². The second-order valence-corrected chi connectivity index (χ2v) is 4.58. The number of hydrogen-bond acceptors (Lipinski definition) is 4. The first-order valence-corrected chi connectivity index (χ1v) is 5.95. The molecule has 1 heterocycles. The summed E-state index contributed by atoms with van der Waals surface area (Å²) in [5, 5.41) is 20.1. The molecule has 1 aromatic heterocycles. The molecule has 88 valence electrons. The van der Waals surface area contributed by atoms with Gasteiger partial charge in [0.05, 0.1) is 6.21 Å². The third kappa shape index (κ3) is 2.62. The number of aromatic hydroxyl groups is 1. The Morgan fingerprint density at radius 1 is 1.59 bits per heavy atom. The topological polar surface area (TPSA) is 66.2 Å². The van der Waals surface area contributed by atoms with Crippen molar-refractivity contribution in [2.75, 3.05) is 0 Å². The SMILES string of the molecule is Cc1n[nH]c(=S)n1N=Cc1cc(O)ccc1Br. The highest BCUT2D eigenvalue weighted by Crippen LogP contribution is 2.20. The molecule has 5 nitrogen and oxygen atoms in total. The van der Waals surface area contributed by atoms with E-state index >= 15 is 0 Å². The molecule has 17 heavy (non-hydrogen) atoms. The van der Waals surface area contributed by atoms with Crippen molar-refractivity contribution >= 4 is 34.4 Å². The Kier molecular flexibility index (Phi) is 3.39. The maximum atomic E-state index is 9.38. The van der Waals surface area contributed by atoms with Crippen LogP contribution in [0.25, 0.3) is 0 Å². The molecule has 0 aliphatic heterocycles. The summed E-state index contributed by atoms with van der Waals surface area (Å²) in [6.45, 7) is 1.79. The summed E-state index contributed by atoms with van der Waals surface area (Å²) < 4.78 is 2.77. The Morgan fingerprint density at radius 3 is 3.00 bits per heavy atom. The van der Waals surface area contributed by atoms with Gasteiger partial charge in [0.25, 0.3) is 0 Å². The van der Waals surface area contributed by atoms with Crippen LogP contribution in [0.3, 0.4) is 0 Å². The fourth-order valence-corrected chi connectivity index (χ4v) is 1.83. The quantitative estimate of drug-likeness (QED) is 0.661. The van der Waals surface area contributed by atoms with E-state index in [2.05, 4.69) is 31.2 Å². The molecule has 0 radical (unpaired) electrons. The molecule has 0 amide bonds. The third-order valence-electron chi connectivity index (χ3n) is 2.10. The number of halogens is 1. The molecule has 1 aromatic carbocycles. The van der Waals surface area contributed by atoms with E-state index < -0.39 is 0 Å². The van der Waals surface area contributed by atoms with Crippen LogP contribution in [0.5, 0.6) is 5.75 Å². The van der Waals surface area contributed by atoms with Crippen LogP contribution in [0.4, 0.5) is 0 Å². The standard InChI is InChI=1S/C10H9BrN4OS/c1-6-13-14-10(17)15(6)12-5-7-4-8(16)2-3-9(7)11/h2-5,16H,1H3,(H,14,17). The van der Waals surface area contributed by atoms with Crippen LogP contribution in [0, 0.1) is 11.7 Å². The average molecular weight is 313 g/mol. The zero-order chi connectivity index (χ0) is 12.4. The van der Waals surface area contributed by atoms with Crippen molar-refractivity contribution in [1.82, 2.24) is 14.9 Å².